The fourth-order valence-electron chi connectivity index (χ4n) is 0.938. The Bertz CT molecular complexity index is 365. The molecule has 0 aromatic heterocycles. The summed E-state index contributed by atoms with van der Waals surface area (Å²) < 4.78 is 18.1. The van der Waals surface area contributed by atoms with Gasteiger partial charge >= 0.3 is 0 Å². The van der Waals surface area contributed by atoms with Crippen molar-refractivity contribution in [1.29, 1.82) is 0 Å². The number of thiol groups is 1. The van der Waals surface area contributed by atoms with Crippen LogP contribution >= 0.6 is 12.6 Å². The van der Waals surface area contributed by atoms with Gasteiger partial charge in [-0.2, -0.15) is 12.6 Å². The van der Waals surface area contributed by atoms with Crippen LogP contribution < -0.4 is 4.74 Å². The molecule has 0 saturated carbocycles. The van der Waals surface area contributed by atoms with Crippen molar-refractivity contribution in [3.8, 4) is 17.6 Å². The van der Waals surface area contributed by atoms with Crippen LogP contribution in [0, 0.1) is 17.7 Å². The average Bonchev–Trinajstić information content (AvgIpc) is 2.20. The van der Waals surface area contributed by atoms with E-state index in [0.717, 1.165) is 0 Å². The van der Waals surface area contributed by atoms with E-state index in [1.54, 1.807) is 12.1 Å². The normalized spacial score (nSPS) is 9.07. The van der Waals surface area contributed by atoms with E-state index in [0.29, 0.717) is 23.5 Å². The highest BCUT2D eigenvalue weighted by Crippen LogP contribution is 2.15. The van der Waals surface area contributed by atoms with Crippen molar-refractivity contribution in [1.82, 2.24) is 0 Å². The van der Waals surface area contributed by atoms with Crippen LogP contribution in [-0.4, -0.2) is 12.9 Å². The Morgan fingerprint density at radius 2 is 2.29 bits per heavy atom. The molecule has 0 amide bonds. The van der Waals surface area contributed by atoms with Gasteiger partial charge in [0, 0.05) is 18.2 Å². The molecule has 0 heterocycles. The smallest absolute Gasteiger partial charge is 0.142 e. The molecule has 0 aliphatic carbocycles. The third kappa shape index (κ3) is 2.97. The largest absolute Gasteiger partial charge is 0.497 e. The Hall–Kier alpha value is -1.14. The third-order valence-corrected chi connectivity index (χ3v) is 1.86. The standard InChI is InChI=1S/C11H11FOS/c1-13-10-6-5-9(11(12)8-10)4-2-3-7-14/h5-6,8,14H,3,7H2,1H3. The number of hydrogen-bond donors (Lipinski definition) is 1. The Balaban J connectivity index is 2.85. The van der Waals surface area contributed by atoms with E-state index in [1.807, 2.05) is 0 Å². The van der Waals surface area contributed by atoms with E-state index in [1.165, 1.54) is 13.2 Å². The lowest BCUT2D eigenvalue weighted by atomic mass is 10.2. The van der Waals surface area contributed by atoms with E-state index >= 15 is 0 Å². The summed E-state index contributed by atoms with van der Waals surface area (Å²) in [6.45, 7) is 0. The van der Waals surface area contributed by atoms with E-state index in [9.17, 15) is 4.39 Å². The van der Waals surface area contributed by atoms with E-state index < -0.39 is 0 Å². The minimum atomic E-state index is -0.351. The number of benzene rings is 1. The Labute approximate surface area is 88.7 Å². The number of ether oxygens (including phenoxy) is 1. The molecule has 0 N–H and O–H groups in total. The second kappa shape index (κ2) is 5.56. The Morgan fingerprint density at radius 1 is 1.50 bits per heavy atom. The van der Waals surface area contributed by atoms with E-state index in [2.05, 4.69) is 24.5 Å². The van der Waals surface area contributed by atoms with Crippen LogP contribution in [0.4, 0.5) is 4.39 Å². The van der Waals surface area contributed by atoms with Crippen molar-refractivity contribution in [2.24, 2.45) is 0 Å². The van der Waals surface area contributed by atoms with Gasteiger partial charge in [0.15, 0.2) is 0 Å². The van der Waals surface area contributed by atoms with Crippen LogP contribution in [0.25, 0.3) is 0 Å². The first-order valence-electron chi connectivity index (χ1n) is 4.21. The molecular formula is C11H11FOS. The zero-order valence-electron chi connectivity index (χ0n) is 7.88. The molecule has 0 aliphatic heterocycles. The summed E-state index contributed by atoms with van der Waals surface area (Å²) >= 11 is 4.01. The molecule has 0 spiro atoms. The van der Waals surface area contributed by atoms with Gasteiger partial charge in [-0.05, 0) is 12.1 Å². The second-order valence-electron chi connectivity index (χ2n) is 2.62. The van der Waals surface area contributed by atoms with Gasteiger partial charge in [-0.3, -0.25) is 0 Å². The molecule has 1 nitrogen and oxygen atoms in total. The first-order valence-corrected chi connectivity index (χ1v) is 4.84. The Morgan fingerprint density at radius 3 is 2.86 bits per heavy atom. The van der Waals surface area contributed by atoms with Crippen molar-refractivity contribution in [2.45, 2.75) is 6.42 Å². The summed E-state index contributed by atoms with van der Waals surface area (Å²) in [5.74, 6) is 6.39. The first kappa shape index (κ1) is 10.9. The van der Waals surface area contributed by atoms with Crippen molar-refractivity contribution in [3.63, 3.8) is 0 Å². The molecule has 1 rings (SSSR count). The molecule has 0 saturated heterocycles. The van der Waals surface area contributed by atoms with Crippen LogP contribution in [0.1, 0.15) is 12.0 Å². The minimum absolute atomic E-state index is 0.351. The number of halogens is 1. The zero-order valence-corrected chi connectivity index (χ0v) is 8.77. The summed E-state index contributed by atoms with van der Waals surface area (Å²) in [5.41, 5.74) is 0.396. The minimum Gasteiger partial charge on any atom is -0.497 e. The second-order valence-corrected chi connectivity index (χ2v) is 3.07. The molecule has 0 fully saturated rings. The molecule has 1 aromatic rings. The molecule has 1 aromatic carbocycles. The van der Waals surface area contributed by atoms with Gasteiger partial charge in [0.1, 0.15) is 11.6 Å². The number of methoxy groups -OCH3 is 1. The number of rotatable bonds is 2. The van der Waals surface area contributed by atoms with E-state index in [4.69, 9.17) is 4.74 Å². The fraction of sp³-hybridized carbons (Fsp3) is 0.273. The summed E-state index contributed by atoms with van der Waals surface area (Å²) in [7, 11) is 1.50. The quantitative estimate of drug-likeness (QED) is 0.583. The summed E-state index contributed by atoms with van der Waals surface area (Å²) in [6.07, 6.45) is 0.661. The molecule has 74 valence electrons. The van der Waals surface area contributed by atoms with E-state index in [-0.39, 0.29) is 5.82 Å². The van der Waals surface area contributed by atoms with Crippen LogP contribution in [0.3, 0.4) is 0 Å². The molecule has 0 atom stereocenters. The van der Waals surface area contributed by atoms with Gasteiger partial charge in [0.05, 0.1) is 12.7 Å². The van der Waals surface area contributed by atoms with Crippen LogP contribution in [-0.2, 0) is 0 Å². The summed E-state index contributed by atoms with van der Waals surface area (Å²) in [4.78, 5) is 0. The highest BCUT2D eigenvalue weighted by molar-refractivity contribution is 7.80. The fourth-order valence-corrected chi connectivity index (χ4v) is 1.05. The van der Waals surface area contributed by atoms with Crippen LogP contribution in [0.2, 0.25) is 0 Å². The monoisotopic (exact) mass is 210 g/mol. The summed E-state index contributed by atoms with van der Waals surface area (Å²) in [5, 5.41) is 0. The molecule has 0 bridgehead atoms. The Kier molecular flexibility index (Phi) is 4.34. The van der Waals surface area contributed by atoms with Gasteiger partial charge in [-0.1, -0.05) is 11.8 Å². The molecule has 3 heteroatoms. The SMILES string of the molecule is COc1ccc(C#CCCS)c(F)c1. The predicted octanol–water partition coefficient (Wildman–Crippen LogP) is 2.51. The lowest BCUT2D eigenvalue weighted by molar-refractivity contribution is 0.411. The lowest BCUT2D eigenvalue weighted by Gasteiger charge is -1.99. The highest BCUT2D eigenvalue weighted by Gasteiger charge is 2.00. The topological polar surface area (TPSA) is 9.23 Å². The van der Waals surface area contributed by atoms with Gasteiger partial charge in [0.2, 0.25) is 0 Å². The maximum atomic E-state index is 13.3. The van der Waals surface area contributed by atoms with Crippen molar-refractivity contribution >= 4 is 12.6 Å². The zero-order chi connectivity index (χ0) is 10.4. The molecule has 0 aliphatic rings. The van der Waals surface area contributed by atoms with Crippen LogP contribution in [0.5, 0.6) is 5.75 Å². The third-order valence-electron chi connectivity index (χ3n) is 1.64. The molecule has 14 heavy (non-hydrogen) atoms. The molecule has 0 unspecified atom stereocenters. The maximum Gasteiger partial charge on any atom is 0.142 e. The van der Waals surface area contributed by atoms with Gasteiger partial charge in [-0.25, -0.2) is 4.39 Å². The van der Waals surface area contributed by atoms with Crippen LogP contribution in [0.15, 0.2) is 18.2 Å². The average molecular weight is 210 g/mol. The molecular weight excluding hydrogens is 199 g/mol. The maximum absolute atomic E-state index is 13.3. The van der Waals surface area contributed by atoms with Gasteiger partial charge in [-0.15, -0.1) is 0 Å². The highest BCUT2D eigenvalue weighted by atomic mass is 32.1. The summed E-state index contributed by atoms with van der Waals surface area (Å²) in [6, 6.07) is 4.62. The molecule has 0 radical (unpaired) electrons. The van der Waals surface area contributed by atoms with Crippen molar-refractivity contribution in [3.05, 3.63) is 29.6 Å². The first-order chi connectivity index (χ1) is 6.77. The van der Waals surface area contributed by atoms with Gasteiger partial charge in [0.25, 0.3) is 0 Å². The van der Waals surface area contributed by atoms with Crippen molar-refractivity contribution in [2.75, 3.05) is 12.9 Å². The number of hydrogen-bond acceptors (Lipinski definition) is 2. The van der Waals surface area contributed by atoms with Gasteiger partial charge < -0.3 is 4.74 Å². The lowest BCUT2D eigenvalue weighted by Crippen LogP contribution is -1.87. The predicted molar refractivity (Wildman–Crippen MR) is 58.3 cm³/mol. The van der Waals surface area contributed by atoms with Crippen molar-refractivity contribution < 1.29 is 9.13 Å².